The second-order valence-electron chi connectivity index (χ2n) is 18.5. The predicted octanol–water partition coefficient (Wildman–Crippen LogP) is 8.11. The molecule has 3 aromatic carbocycles. The third-order valence-corrected chi connectivity index (χ3v) is 14.6. The van der Waals surface area contributed by atoms with Gasteiger partial charge in [-0.05, 0) is 85.6 Å². The van der Waals surface area contributed by atoms with Crippen molar-refractivity contribution in [3.8, 4) is 17.2 Å². The third kappa shape index (κ3) is 10.3. The number of hydrogen-bond acceptors (Lipinski definition) is 13. The molecule has 2 atom stereocenters. The number of rotatable bonds is 13. The van der Waals surface area contributed by atoms with Crippen LogP contribution in [0.15, 0.2) is 89.6 Å². The number of nitrogens with one attached hydrogen (secondary N) is 3. The van der Waals surface area contributed by atoms with E-state index in [0.29, 0.717) is 37.5 Å². The zero-order chi connectivity index (χ0) is 46.2. The first-order valence-corrected chi connectivity index (χ1v) is 24.3. The Labute approximate surface area is 389 Å². The van der Waals surface area contributed by atoms with Gasteiger partial charge in [0, 0.05) is 92.9 Å². The summed E-state index contributed by atoms with van der Waals surface area (Å²) in [7, 11) is -4.66. The summed E-state index contributed by atoms with van der Waals surface area (Å²) >= 11 is 6.25. The molecule has 0 saturated carbocycles. The first-order valence-electron chi connectivity index (χ1n) is 22.5. The van der Waals surface area contributed by atoms with E-state index in [4.69, 9.17) is 25.8 Å². The van der Waals surface area contributed by atoms with Gasteiger partial charge in [-0.25, -0.2) is 18.1 Å². The molecule has 0 unspecified atom stereocenters. The number of allylic oxidation sites excluding steroid dienone is 1. The van der Waals surface area contributed by atoms with E-state index >= 15 is 0 Å². The van der Waals surface area contributed by atoms with Gasteiger partial charge in [0.25, 0.3) is 21.6 Å². The molecule has 5 heterocycles. The molecule has 0 spiro atoms. The number of ether oxygens (including phenoxy) is 3. The van der Waals surface area contributed by atoms with E-state index < -0.39 is 31.4 Å². The molecule has 16 nitrogen and oxygen atoms in total. The van der Waals surface area contributed by atoms with Crippen molar-refractivity contribution in [3.05, 3.63) is 111 Å². The lowest BCUT2D eigenvalue weighted by Crippen LogP contribution is -2.47. The lowest BCUT2D eigenvalue weighted by atomic mass is 9.72. The van der Waals surface area contributed by atoms with Gasteiger partial charge in [-0.1, -0.05) is 43.2 Å². The number of halogens is 1. The maximum atomic E-state index is 14.1. The summed E-state index contributed by atoms with van der Waals surface area (Å²) in [5, 5.41) is 17.1. The summed E-state index contributed by atoms with van der Waals surface area (Å²) in [6, 6.07) is 18.7. The van der Waals surface area contributed by atoms with Gasteiger partial charge in [0.15, 0.2) is 11.4 Å². The maximum absolute atomic E-state index is 14.1. The van der Waals surface area contributed by atoms with Gasteiger partial charge in [0.05, 0.1) is 40.3 Å². The molecule has 5 aromatic rings. The molecule has 0 bridgehead atoms. The number of nitro benzene ring substituents is 1. The van der Waals surface area contributed by atoms with Crippen molar-refractivity contribution in [1.29, 1.82) is 0 Å². The largest absolute Gasteiger partial charge is 0.489 e. The second-order valence-corrected chi connectivity index (χ2v) is 20.6. The van der Waals surface area contributed by atoms with Crippen LogP contribution in [0.4, 0.5) is 17.1 Å². The molecule has 66 heavy (non-hydrogen) atoms. The minimum atomic E-state index is -4.66. The van der Waals surface area contributed by atoms with Crippen LogP contribution in [0.5, 0.6) is 17.2 Å². The fourth-order valence-electron chi connectivity index (χ4n) is 9.37. The number of H-pyrrole nitrogens is 1. The highest BCUT2D eigenvalue weighted by Gasteiger charge is 2.34. The van der Waals surface area contributed by atoms with Gasteiger partial charge < -0.3 is 29.4 Å². The van der Waals surface area contributed by atoms with Crippen LogP contribution in [0.2, 0.25) is 5.02 Å². The van der Waals surface area contributed by atoms with Gasteiger partial charge in [-0.3, -0.25) is 24.7 Å². The number of carbonyl (C=O) groups is 1. The Morgan fingerprint density at radius 2 is 1.85 bits per heavy atom. The van der Waals surface area contributed by atoms with Crippen molar-refractivity contribution in [2.75, 3.05) is 75.8 Å². The third-order valence-electron chi connectivity index (χ3n) is 13.0. The number of morpholine rings is 1. The zero-order valence-electron chi connectivity index (χ0n) is 37.3. The van der Waals surface area contributed by atoms with Gasteiger partial charge >= 0.3 is 0 Å². The normalized spacial score (nSPS) is 20.3. The number of nitrogens with zero attached hydrogens (tertiary/aromatic N) is 5. The Balaban J connectivity index is 0.924. The first-order chi connectivity index (χ1) is 31.7. The fraction of sp³-hybridized carbons (Fsp3) is 0.417. The number of piperazine rings is 1. The molecule has 348 valence electrons. The number of amides is 1. The number of nitro groups is 1. The number of anilines is 2. The van der Waals surface area contributed by atoms with Crippen LogP contribution in [0.1, 0.15) is 62.4 Å². The Morgan fingerprint density at radius 3 is 2.62 bits per heavy atom. The van der Waals surface area contributed by atoms with Crippen LogP contribution in [-0.2, 0) is 14.8 Å². The Morgan fingerprint density at radius 1 is 1.05 bits per heavy atom. The van der Waals surface area contributed by atoms with E-state index in [1.165, 1.54) is 35.0 Å². The summed E-state index contributed by atoms with van der Waals surface area (Å²) in [5.41, 5.74) is 5.33. The summed E-state index contributed by atoms with van der Waals surface area (Å²) in [6.07, 6.45) is 7.24. The van der Waals surface area contributed by atoms with Gasteiger partial charge in [0.1, 0.15) is 23.8 Å². The molecule has 9 rings (SSSR count). The average Bonchev–Trinajstić information content (AvgIpc) is 3.77. The van der Waals surface area contributed by atoms with E-state index in [1.807, 2.05) is 25.1 Å². The molecule has 3 N–H and O–H groups in total. The van der Waals surface area contributed by atoms with E-state index in [1.54, 1.807) is 24.4 Å². The van der Waals surface area contributed by atoms with Gasteiger partial charge in [-0.15, -0.1) is 0 Å². The van der Waals surface area contributed by atoms with Crippen LogP contribution < -0.4 is 24.4 Å². The van der Waals surface area contributed by atoms with E-state index in [0.717, 1.165) is 80.7 Å². The molecular formula is C48H55ClN8O8S. The van der Waals surface area contributed by atoms with Crippen molar-refractivity contribution in [3.63, 3.8) is 0 Å². The van der Waals surface area contributed by atoms with Crippen molar-refractivity contribution in [2.24, 2.45) is 5.41 Å². The Kier molecular flexibility index (Phi) is 13.0. The molecule has 1 amide bonds. The average molecular weight is 940 g/mol. The summed E-state index contributed by atoms with van der Waals surface area (Å²) in [4.78, 5) is 39.8. The molecule has 4 aliphatic rings. The summed E-state index contributed by atoms with van der Waals surface area (Å²) < 4.78 is 47.9. The molecule has 3 aliphatic heterocycles. The van der Waals surface area contributed by atoms with Crippen LogP contribution in [0.25, 0.3) is 16.6 Å². The molecule has 2 aromatic heterocycles. The summed E-state index contributed by atoms with van der Waals surface area (Å²) in [6.45, 7) is 13.8. The molecule has 18 heteroatoms. The molecule has 0 radical (unpaired) electrons. The number of aromatic amines is 1. The predicted molar refractivity (Wildman–Crippen MR) is 254 cm³/mol. The molecule has 1 aliphatic carbocycles. The van der Waals surface area contributed by atoms with Crippen molar-refractivity contribution in [1.82, 2.24) is 24.5 Å². The van der Waals surface area contributed by atoms with Crippen LogP contribution >= 0.6 is 11.6 Å². The number of sulfonamides is 1. The van der Waals surface area contributed by atoms with E-state index in [9.17, 15) is 23.3 Å². The number of pyridine rings is 1. The molecular weight excluding hydrogens is 884 g/mol. The van der Waals surface area contributed by atoms with Gasteiger partial charge in [0.2, 0.25) is 0 Å². The lowest BCUT2D eigenvalue weighted by Gasteiger charge is -2.39. The Hall–Kier alpha value is -5.72. The van der Waals surface area contributed by atoms with Crippen LogP contribution in [0, 0.1) is 15.5 Å². The number of hydrogen-bond donors (Lipinski definition) is 3. The topological polar surface area (TPSA) is 184 Å². The number of carbonyl (C=O) groups excluding carboxylic acids is 1. The van der Waals surface area contributed by atoms with Crippen LogP contribution in [0.3, 0.4) is 0 Å². The zero-order valence-corrected chi connectivity index (χ0v) is 38.9. The van der Waals surface area contributed by atoms with Crippen molar-refractivity contribution >= 4 is 61.2 Å². The Bertz CT molecular complexity index is 2770. The fourth-order valence-corrected chi connectivity index (χ4v) is 10.5. The monoisotopic (exact) mass is 938 g/mol. The minimum absolute atomic E-state index is 0.0100. The maximum Gasteiger partial charge on any atom is 0.297 e. The van der Waals surface area contributed by atoms with E-state index in [-0.39, 0.29) is 46.9 Å². The highest BCUT2D eigenvalue weighted by molar-refractivity contribution is 7.90. The van der Waals surface area contributed by atoms with Gasteiger partial charge in [-0.2, -0.15) is 0 Å². The highest BCUT2D eigenvalue weighted by atomic mass is 35.5. The number of fused-ring (bicyclic) bond motifs is 2. The number of benzene rings is 3. The van der Waals surface area contributed by atoms with Crippen molar-refractivity contribution < 1.29 is 32.3 Å². The SMILES string of the molecule is C[C@@H]1CN(CC[C@H]2COc3cc(S(=O)(=O)NC(=O)c4ccc(N5CCN(CC6=C(c7ccc(Cl)cc7)CC(C)(C)CC6)CC5)cc4Oc4cnc5[nH]ccc5c4)cc([N+](=O)[O-])c3N2)CCO1. The summed E-state index contributed by atoms with van der Waals surface area (Å²) in [5.74, 6) is -0.511. The smallest absolute Gasteiger partial charge is 0.297 e. The molecule has 2 saturated heterocycles. The number of aromatic nitrogens is 2. The van der Waals surface area contributed by atoms with Crippen molar-refractivity contribution in [2.45, 2.75) is 63.5 Å². The highest BCUT2D eigenvalue weighted by Crippen LogP contribution is 2.44. The minimum Gasteiger partial charge on any atom is -0.489 e. The van der Waals surface area contributed by atoms with Crippen LogP contribution in [-0.4, -0.2) is 117 Å². The van der Waals surface area contributed by atoms with E-state index in [2.05, 4.69) is 60.7 Å². The second kappa shape index (κ2) is 18.9. The standard InChI is InChI=1S/C48H55ClN8O8S/c1-31-28-54(20-21-63-31)15-12-36-30-64-44-25-39(24-42(57(59)60)45(44)52-36)66(61,62)53-47(58)40-9-8-37(23-43(40)65-38-22-33-11-14-50-46(33)51-27-38)56-18-16-55(17-19-56)29-34-10-13-48(2,3)26-41(34)32-4-6-35(49)7-5-32/h4-9,11,14,22-25,27,31,36,52H,10,12-13,15-21,26,28-30H2,1-3H3,(H,50,51)(H,53,58)/t31-,36+/m1/s1. The molecule has 2 fully saturated rings. The first kappa shape index (κ1) is 45.4. The quantitative estimate of drug-likeness (QED) is 0.0761. The lowest BCUT2D eigenvalue weighted by molar-refractivity contribution is -0.384.